The summed E-state index contributed by atoms with van der Waals surface area (Å²) in [5, 5.41) is 0.665. The average molecular weight is 413 g/mol. The van der Waals surface area contributed by atoms with Crippen molar-refractivity contribution in [2.75, 3.05) is 35.0 Å². The minimum Gasteiger partial charge on any atom is -0.497 e. The second-order valence-electron chi connectivity index (χ2n) is 6.23. The number of nitrogens with zero attached hydrogens (tertiary/aromatic N) is 1. The van der Waals surface area contributed by atoms with Crippen molar-refractivity contribution >= 4 is 22.8 Å². The van der Waals surface area contributed by atoms with Gasteiger partial charge in [0, 0.05) is 10.9 Å². The van der Waals surface area contributed by atoms with Crippen LogP contribution in [0.1, 0.15) is 27.8 Å². The lowest BCUT2D eigenvalue weighted by Crippen LogP contribution is -2.19. The molecule has 0 aliphatic heterocycles. The van der Waals surface area contributed by atoms with E-state index in [-0.39, 0.29) is 17.9 Å². The van der Waals surface area contributed by atoms with Crippen molar-refractivity contribution < 1.29 is 33.3 Å². The number of benzene rings is 2. The van der Waals surface area contributed by atoms with Gasteiger partial charge >= 0.3 is 5.97 Å². The van der Waals surface area contributed by atoms with Gasteiger partial charge in [-0.1, -0.05) is 0 Å². The number of ether oxygens (including phenoxy) is 5. The van der Waals surface area contributed by atoms with Gasteiger partial charge in [-0.25, -0.2) is 4.79 Å². The number of rotatable bonds is 7. The summed E-state index contributed by atoms with van der Waals surface area (Å²) in [5.41, 5.74) is 0.903. The standard InChI is InChI=1S/C22H23NO7/c1-6-30-22(25)17-10-13-9-15(26-2)7-8-16(13)23(17)21(24)14-11-18(27-3)20(29-5)19(12-14)28-4/h7-12H,6H2,1-5H3. The highest BCUT2D eigenvalue weighted by Crippen LogP contribution is 2.39. The Bertz CT molecular complexity index is 1080. The van der Waals surface area contributed by atoms with Crippen LogP contribution >= 0.6 is 0 Å². The molecule has 1 heterocycles. The second kappa shape index (κ2) is 8.77. The van der Waals surface area contributed by atoms with Crippen molar-refractivity contribution in [2.45, 2.75) is 6.92 Å². The Morgan fingerprint density at radius 3 is 2.07 bits per heavy atom. The molecule has 0 atom stereocenters. The molecular weight excluding hydrogens is 390 g/mol. The van der Waals surface area contributed by atoms with Gasteiger partial charge in [0.1, 0.15) is 11.4 Å². The molecule has 3 aromatic rings. The van der Waals surface area contributed by atoms with Gasteiger partial charge in [0.25, 0.3) is 5.91 Å². The largest absolute Gasteiger partial charge is 0.497 e. The normalized spacial score (nSPS) is 10.6. The number of methoxy groups -OCH3 is 4. The Morgan fingerprint density at radius 2 is 1.53 bits per heavy atom. The van der Waals surface area contributed by atoms with E-state index < -0.39 is 11.9 Å². The average Bonchev–Trinajstić information content (AvgIpc) is 3.16. The monoisotopic (exact) mass is 413 g/mol. The van der Waals surface area contributed by atoms with Gasteiger partial charge in [-0.05, 0) is 43.3 Å². The van der Waals surface area contributed by atoms with Crippen LogP contribution in [0.5, 0.6) is 23.0 Å². The highest BCUT2D eigenvalue weighted by atomic mass is 16.5. The Hall–Kier alpha value is -3.68. The molecule has 0 fully saturated rings. The van der Waals surface area contributed by atoms with Crippen molar-refractivity contribution in [3.8, 4) is 23.0 Å². The number of carbonyl (C=O) groups is 2. The second-order valence-corrected chi connectivity index (χ2v) is 6.23. The summed E-state index contributed by atoms with van der Waals surface area (Å²) in [6.07, 6.45) is 0. The smallest absolute Gasteiger partial charge is 0.355 e. The minimum atomic E-state index is -0.603. The van der Waals surface area contributed by atoms with Crippen LogP contribution < -0.4 is 18.9 Å². The number of hydrogen-bond acceptors (Lipinski definition) is 7. The zero-order valence-electron chi connectivity index (χ0n) is 17.5. The first-order valence-corrected chi connectivity index (χ1v) is 9.20. The fourth-order valence-electron chi connectivity index (χ4n) is 3.23. The number of aromatic nitrogens is 1. The van der Waals surface area contributed by atoms with Gasteiger partial charge in [-0.15, -0.1) is 0 Å². The first kappa shape index (κ1) is 21.0. The number of esters is 1. The predicted molar refractivity (Wildman–Crippen MR) is 110 cm³/mol. The molecule has 0 aliphatic carbocycles. The summed E-state index contributed by atoms with van der Waals surface area (Å²) in [6.45, 7) is 1.89. The molecule has 0 spiro atoms. The molecule has 0 amide bonds. The van der Waals surface area contributed by atoms with Crippen LogP contribution in [0, 0.1) is 0 Å². The summed E-state index contributed by atoms with van der Waals surface area (Å²) in [7, 11) is 5.96. The lowest BCUT2D eigenvalue weighted by atomic mass is 10.1. The van der Waals surface area contributed by atoms with E-state index in [0.29, 0.717) is 33.9 Å². The third kappa shape index (κ3) is 3.63. The van der Waals surface area contributed by atoms with Crippen LogP contribution in [-0.2, 0) is 4.74 Å². The lowest BCUT2D eigenvalue weighted by molar-refractivity contribution is 0.0510. The molecule has 3 rings (SSSR count). The van der Waals surface area contributed by atoms with Crippen LogP contribution in [0.25, 0.3) is 10.9 Å². The van der Waals surface area contributed by atoms with Gasteiger partial charge in [0.05, 0.1) is 40.6 Å². The highest BCUT2D eigenvalue weighted by Gasteiger charge is 2.25. The Morgan fingerprint density at radius 1 is 0.867 bits per heavy atom. The number of hydrogen-bond donors (Lipinski definition) is 0. The number of carbonyl (C=O) groups excluding carboxylic acids is 2. The van der Waals surface area contributed by atoms with Gasteiger partial charge in [-0.3, -0.25) is 9.36 Å². The van der Waals surface area contributed by atoms with Crippen LogP contribution in [0.4, 0.5) is 0 Å². The van der Waals surface area contributed by atoms with E-state index in [9.17, 15) is 9.59 Å². The first-order chi connectivity index (χ1) is 14.5. The molecule has 8 heteroatoms. The van der Waals surface area contributed by atoms with E-state index >= 15 is 0 Å². The van der Waals surface area contributed by atoms with E-state index in [1.165, 1.54) is 38.0 Å². The van der Waals surface area contributed by atoms with Gasteiger partial charge < -0.3 is 23.7 Å². The predicted octanol–water partition coefficient (Wildman–Crippen LogP) is 3.54. The van der Waals surface area contributed by atoms with Crippen molar-refractivity contribution in [1.82, 2.24) is 4.57 Å². The topological polar surface area (TPSA) is 85.2 Å². The first-order valence-electron chi connectivity index (χ1n) is 9.20. The third-order valence-electron chi connectivity index (χ3n) is 4.61. The SMILES string of the molecule is CCOC(=O)c1cc2cc(OC)ccc2n1C(=O)c1cc(OC)c(OC)c(OC)c1. The molecule has 2 aromatic carbocycles. The number of fused-ring (bicyclic) bond motifs is 1. The van der Waals surface area contributed by atoms with Crippen molar-refractivity contribution in [3.05, 3.63) is 47.7 Å². The van der Waals surface area contributed by atoms with E-state index in [1.54, 1.807) is 38.3 Å². The summed E-state index contributed by atoms with van der Waals surface area (Å²) >= 11 is 0. The van der Waals surface area contributed by atoms with Crippen molar-refractivity contribution in [1.29, 1.82) is 0 Å². The summed E-state index contributed by atoms with van der Waals surface area (Å²) in [5.74, 6) is 0.581. The van der Waals surface area contributed by atoms with E-state index in [2.05, 4.69) is 0 Å². The molecule has 0 radical (unpaired) electrons. The lowest BCUT2D eigenvalue weighted by Gasteiger charge is -2.15. The maximum Gasteiger partial charge on any atom is 0.355 e. The van der Waals surface area contributed by atoms with Gasteiger partial charge in [0.2, 0.25) is 5.75 Å². The zero-order chi connectivity index (χ0) is 21.8. The molecule has 158 valence electrons. The van der Waals surface area contributed by atoms with Crippen LogP contribution in [-0.4, -0.2) is 51.5 Å². The summed E-state index contributed by atoms with van der Waals surface area (Å²) in [6, 6.07) is 9.85. The molecule has 30 heavy (non-hydrogen) atoms. The Kier molecular flexibility index (Phi) is 6.15. The van der Waals surface area contributed by atoms with E-state index in [0.717, 1.165) is 0 Å². The van der Waals surface area contributed by atoms with E-state index in [4.69, 9.17) is 23.7 Å². The minimum absolute atomic E-state index is 0.110. The molecule has 8 nitrogen and oxygen atoms in total. The molecule has 0 N–H and O–H groups in total. The molecule has 1 aromatic heterocycles. The van der Waals surface area contributed by atoms with E-state index in [1.807, 2.05) is 0 Å². The van der Waals surface area contributed by atoms with Crippen molar-refractivity contribution in [2.24, 2.45) is 0 Å². The molecule has 0 bridgehead atoms. The Labute approximate surface area is 173 Å². The molecule has 0 saturated carbocycles. The Balaban J connectivity index is 2.23. The van der Waals surface area contributed by atoms with Crippen LogP contribution in [0.15, 0.2) is 36.4 Å². The van der Waals surface area contributed by atoms with Gasteiger partial charge in [0.15, 0.2) is 11.5 Å². The summed E-state index contributed by atoms with van der Waals surface area (Å²) in [4.78, 5) is 26.1. The summed E-state index contributed by atoms with van der Waals surface area (Å²) < 4.78 is 27.7. The molecule has 0 aliphatic rings. The fraction of sp³-hybridized carbons (Fsp3) is 0.273. The molecule has 0 unspecified atom stereocenters. The maximum atomic E-state index is 13.5. The maximum absolute atomic E-state index is 13.5. The highest BCUT2D eigenvalue weighted by molar-refractivity contribution is 6.09. The van der Waals surface area contributed by atoms with Crippen LogP contribution in [0.3, 0.4) is 0 Å². The van der Waals surface area contributed by atoms with Gasteiger partial charge in [-0.2, -0.15) is 0 Å². The van der Waals surface area contributed by atoms with Crippen LogP contribution in [0.2, 0.25) is 0 Å². The molecular formula is C22H23NO7. The van der Waals surface area contributed by atoms with Crippen molar-refractivity contribution in [3.63, 3.8) is 0 Å². The quantitative estimate of drug-likeness (QED) is 0.548. The third-order valence-corrected chi connectivity index (χ3v) is 4.61. The fourth-order valence-corrected chi connectivity index (χ4v) is 3.23. The molecule has 0 saturated heterocycles. The zero-order valence-corrected chi connectivity index (χ0v) is 17.5.